The summed E-state index contributed by atoms with van der Waals surface area (Å²) in [5.74, 6) is 1.08. The molecule has 0 spiro atoms. The summed E-state index contributed by atoms with van der Waals surface area (Å²) < 4.78 is 0. The third-order valence-electron chi connectivity index (χ3n) is 3.28. The van der Waals surface area contributed by atoms with E-state index in [9.17, 15) is 0 Å². The molecule has 2 N–H and O–H groups in total. The second kappa shape index (κ2) is 4.09. The molecule has 1 aliphatic carbocycles. The van der Waals surface area contributed by atoms with E-state index in [1.807, 2.05) is 6.07 Å². The molecule has 0 saturated heterocycles. The first-order valence-electron chi connectivity index (χ1n) is 5.63. The molecule has 1 fully saturated rings. The fourth-order valence-electron chi connectivity index (χ4n) is 2.42. The number of aryl methyl sites for hydroxylation is 1. The topological polar surface area (TPSA) is 42.1 Å². The van der Waals surface area contributed by atoms with E-state index >= 15 is 0 Å². The van der Waals surface area contributed by atoms with Crippen LogP contribution in [0.2, 0.25) is 0 Å². The highest BCUT2D eigenvalue weighted by Gasteiger charge is 2.21. The van der Waals surface area contributed by atoms with Crippen LogP contribution >= 0.6 is 0 Å². The molecular formula is C12H19N3. The van der Waals surface area contributed by atoms with Crippen LogP contribution in [-0.2, 0) is 0 Å². The minimum atomic E-state index is 0.667. The highest BCUT2D eigenvalue weighted by molar-refractivity contribution is 5.52. The van der Waals surface area contributed by atoms with Crippen molar-refractivity contribution in [1.29, 1.82) is 0 Å². The van der Waals surface area contributed by atoms with Gasteiger partial charge in [0.15, 0.2) is 0 Å². The summed E-state index contributed by atoms with van der Waals surface area (Å²) in [5, 5.41) is 0. The van der Waals surface area contributed by atoms with Gasteiger partial charge in [-0.1, -0.05) is 12.8 Å². The number of aromatic nitrogens is 1. The minimum Gasteiger partial charge on any atom is -0.397 e. The maximum Gasteiger partial charge on any atom is 0.131 e. The summed E-state index contributed by atoms with van der Waals surface area (Å²) in [7, 11) is 2.14. The molecule has 1 aromatic heterocycles. The molecule has 1 heterocycles. The van der Waals surface area contributed by atoms with Crippen LogP contribution in [0.25, 0.3) is 0 Å². The zero-order valence-electron chi connectivity index (χ0n) is 9.53. The normalized spacial score (nSPS) is 16.9. The average Bonchev–Trinajstić information content (AvgIpc) is 2.69. The molecule has 0 aliphatic heterocycles. The Hall–Kier alpha value is -1.25. The van der Waals surface area contributed by atoms with Gasteiger partial charge in [0.05, 0.1) is 11.9 Å². The SMILES string of the molecule is Cc1cc(N)cnc1N(C)C1CCCC1. The Morgan fingerprint density at radius 3 is 2.67 bits per heavy atom. The van der Waals surface area contributed by atoms with E-state index in [-0.39, 0.29) is 0 Å². The first kappa shape index (κ1) is 10.3. The van der Waals surface area contributed by atoms with Crippen molar-refractivity contribution in [3.05, 3.63) is 17.8 Å². The van der Waals surface area contributed by atoms with E-state index in [0.29, 0.717) is 6.04 Å². The van der Waals surface area contributed by atoms with Gasteiger partial charge in [0, 0.05) is 13.1 Å². The first-order valence-corrected chi connectivity index (χ1v) is 5.63. The highest BCUT2D eigenvalue weighted by atomic mass is 15.2. The lowest BCUT2D eigenvalue weighted by molar-refractivity contribution is 0.645. The summed E-state index contributed by atoms with van der Waals surface area (Å²) in [6.07, 6.45) is 7.03. The molecule has 0 atom stereocenters. The van der Waals surface area contributed by atoms with Crippen molar-refractivity contribution < 1.29 is 0 Å². The Morgan fingerprint density at radius 1 is 1.40 bits per heavy atom. The van der Waals surface area contributed by atoms with Gasteiger partial charge in [0.1, 0.15) is 5.82 Å². The van der Waals surface area contributed by atoms with Gasteiger partial charge >= 0.3 is 0 Å². The number of hydrogen-bond donors (Lipinski definition) is 1. The van der Waals surface area contributed by atoms with Gasteiger partial charge in [-0.3, -0.25) is 0 Å². The van der Waals surface area contributed by atoms with Crippen molar-refractivity contribution in [3.63, 3.8) is 0 Å². The molecule has 1 saturated carbocycles. The molecule has 3 heteroatoms. The molecule has 0 bridgehead atoms. The van der Waals surface area contributed by atoms with Crippen LogP contribution in [0.4, 0.5) is 11.5 Å². The fraction of sp³-hybridized carbons (Fsp3) is 0.583. The summed E-state index contributed by atoms with van der Waals surface area (Å²) >= 11 is 0. The van der Waals surface area contributed by atoms with Crippen molar-refractivity contribution in [2.24, 2.45) is 0 Å². The maximum absolute atomic E-state index is 5.70. The summed E-state index contributed by atoms with van der Waals surface area (Å²) in [6.45, 7) is 2.07. The lowest BCUT2D eigenvalue weighted by Gasteiger charge is -2.26. The first-order chi connectivity index (χ1) is 7.18. The number of nitrogens with zero attached hydrogens (tertiary/aromatic N) is 2. The van der Waals surface area contributed by atoms with Crippen LogP contribution in [0.15, 0.2) is 12.3 Å². The second-order valence-electron chi connectivity index (χ2n) is 4.46. The van der Waals surface area contributed by atoms with Gasteiger partial charge in [-0.05, 0) is 31.4 Å². The van der Waals surface area contributed by atoms with E-state index in [0.717, 1.165) is 11.5 Å². The zero-order valence-corrected chi connectivity index (χ0v) is 9.53. The average molecular weight is 205 g/mol. The van der Waals surface area contributed by atoms with E-state index in [1.165, 1.54) is 31.2 Å². The van der Waals surface area contributed by atoms with Crippen LogP contribution < -0.4 is 10.6 Å². The van der Waals surface area contributed by atoms with Crippen LogP contribution in [0.1, 0.15) is 31.2 Å². The van der Waals surface area contributed by atoms with Crippen LogP contribution in [-0.4, -0.2) is 18.1 Å². The Labute approximate surface area is 91.3 Å². The Morgan fingerprint density at radius 2 is 2.07 bits per heavy atom. The molecule has 2 rings (SSSR count). The summed E-state index contributed by atoms with van der Waals surface area (Å²) in [4.78, 5) is 6.73. The van der Waals surface area contributed by atoms with Crippen LogP contribution in [0, 0.1) is 6.92 Å². The lowest BCUT2D eigenvalue weighted by atomic mass is 10.2. The van der Waals surface area contributed by atoms with Gasteiger partial charge in [0.2, 0.25) is 0 Å². The van der Waals surface area contributed by atoms with Crippen molar-refractivity contribution in [2.75, 3.05) is 17.7 Å². The van der Waals surface area contributed by atoms with E-state index in [2.05, 4.69) is 23.9 Å². The molecule has 82 valence electrons. The number of anilines is 2. The standard InChI is InChI=1S/C12H19N3/c1-9-7-10(13)8-14-12(9)15(2)11-5-3-4-6-11/h7-8,11H,3-6,13H2,1-2H3. The van der Waals surface area contributed by atoms with Crippen LogP contribution in [0.5, 0.6) is 0 Å². The van der Waals surface area contributed by atoms with Crippen molar-refractivity contribution in [2.45, 2.75) is 38.6 Å². The second-order valence-corrected chi connectivity index (χ2v) is 4.46. The number of nitrogen functional groups attached to an aromatic ring is 1. The minimum absolute atomic E-state index is 0.667. The van der Waals surface area contributed by atoms with Crippen molar-refractivity contribution >= 4 is 11.5 Å². The fourth-order valence-corrected chi connectivity index (χ4v) is 2.42. The third-order valence-corrected chi connectivity index (χ3v) is 3.28. The van der Waals surface area contributed by atoms with Crippen molar-refractivity contribution in [3.8, 4) is 0 Å². The Kier molecular flexibility index (Phi) is 2.80. The number of pyridine rings is 1. The molecular weight excluding hydrogens is 186 g/mol. The molecule has 0 amide bonds. The van der Waals surface area contributed by atoms with E-state index < -0.39 is 0 Å². The monoisotopic (exact) mass is 205 g/mol. The number of rotatable bonds is 2. The van der Waals surface area contributed by atoms with E-state index in [1.54, 1.807) is 6.20 Å². The predicted molar refractivity (Wildman–Crippen MR) is 64.0 cm³/mol. The third kappa shape index (κ3) is 2.06. The van der Waals surface area contributed by atoms with Gasteiger partial charge in [0.25, 0.3) is 0 Å². The lowest BCUT2D eigenvalue weighted by Crippen LogP contribution is -2.30. The van der Waals surface area contributed by atoms with Crippen LogP contribution in [0.3, 0.4) is 0 Å². The molecule has 1 aliphatic rings. The Balaban J connectivity index is 2.20. The van der Waals surface area contributed by atoms with Gasteiger partial charge < -0.3 is 10.6 Å². The molecule has 3 nitrogen and oxygen atoms in total. The highest BCUT2D eigenvalue weighted by Crippen LogP contribution is 2.27. The molecule has 1 aromatic rings. The largest absolute Gasteiger partial charge is 0.397 e. The van der Waals surface area contributed by atoms with Crippen molar-refractivity contribution in [1.82, 2.24) is 4.98 Å². The summed E-state index contributed by atoms with van der Waals surface area (Å²) in [5.41, 5.74) is 7.62. The number of nitrogens with two attached hydrogens (primary N) is 1. The quantitative estimate of drug-likeness (QED) is 0.806. The molecule has 0 unspecified atom stereocenters. The smallest absolute Gasteiger partial charge is 0.131 e. The molecule has 15 heavy (non-hydrogen) atoms. The van der Waals surface area contributed by atoms with Gasteiger partial charge in [-0.25, -0.2) is 4.98 Å². The zero-order chi connectivity index (χ0) is 10.8. The van der Waals surface area contributed by atoms with Gasteiger partial charge in [-0.2, -0.15) is 0 Å². The Bertz CT molecular complexity index is 343. The predicted octanol–water partition coefficient (Wildman–Crippen LogP) is 2.35. The summed E-state index contributed by atoms with van der Waals surface area (Å²) in [6, 6.07) is 2.66. The number of hydrogen-bond acceptors (Lipinski definition) is 3. The van der Waals surface area contributed by atoms with Gasteiger partial charge in [-0.15, -0.1) is 0 Å². The molecule has 0 aromatic carbocycles. The maximum atomic E-state index is 5.70. The molecule has 0 radical (unpaired) electrons. The van der Waals surface area contributed by atoms with E-state index in [4.69, 9.17) is 5.73 Å².